The molecule has 2 aromatic carbocycles. The lowest BCUT2D eigenvalue weighted by Crippen LogP contribution is -2.48. The Labute approximate surface area is 171 Å². The lowest BCUT2D eigenvalue weighted by molar-refractivity contribution is -0.145. The molecule has 0 radical (unpaired) electrons. The van der Waals surface area contributed by atoms with Crippen LogP contribution in [0.3, 0.4) is 0 Å². The van der Waals surface area contributed by atoms with Crippen LogP contribution in [0, 0.1) is 5.92 Å². The average Bonchev–Trinajstić information content (AvgIpc) is 2.90. The molecule has 1 N–H and O–H groups in total. The molecular weight excluding hydrogens is 364 g/mol. The van der Waals surface area contributed by atoms with Crippen molar-refractivity contribution < 1.29 is 14.7 Å². The minimum atomic E-state index is -0.783. The highest BCUT2D eigenvalue weighted by Gasteiger charge is 2.34. The van der Waals surface area contributed by atoms with Gasteiger partial charge < -0.3 is 5.11 Å². The van der Waals surface area contributed by atoms with Gasteiger partial charge in [-0.3, -0.25) is 19.4 Å². The van der Waals surface area contributed by atoms with Gasteiger partial charge in [-0.1, -0.05) is 49.7 Å². The molecule has 0 spiro atoms. The van der Waals surface area contributed by atoms with E-state index in [-0.39, 0.29) is 11.8 Å². The minimum Gasteiger partial charge on any atom is -0.480 e. The zero-order valence-electron chi connectivity index (χ0n) is 16.9. The van der Waals surface area contributed by atoms with Gasteiger partial charge in [-0.05, 0) is 55.5 Å². The summed E-state index contributed by atoms with van der Waals surface area (Å²) in [6, 6.07) is 15.7. The number of likely N-dealkylation sites (tertiary alicyclic amines) is 1. The van der Waals surface area contributed by atoms with Crippen LogP contribution >= 0.6 is 0 Å². The van der Waals surface area contributed by atoms with Crippen LogP contribution in [0.15, 0.2) is 48.5 Å². The van der Waals surface area contributed by atoms with Crippen molar-refractivity contribution in [2.75, 3.05) is 18.0 Å². The second kappa shape index (κ2) is 8.37. The molecule has 4 rings (SSSR count). The van der Waals surface area contributed by atoms with Gasteiger partial charge in [0.2, 0.25) is 5.91 Å². The summed E-state index contributed by atoms with van der Waals surface area (Å²) in [6.07, 6.45) is 4.38. The summed E-state index contributed by atoms with van der Waals surface area (Å²) in [5.74, 6) is -1.05. The van der Waals surface area contributed by atoms with Crippen molar-refractivity contribution in [3.63, 3.8) is 0 Å². The third-order valence-corrected chi connectivity index (χ3v) is 6.18. The van der Waals surface area contributed by atoms with E-state index >= 15 is 0 Å². The highest BCUT2D eigenvalue weighted by Crippen LogP contribution is 2.37. The van der Waals surface area contributed by atoms with E-state index in [1.54, 1.807) is 0 Å². The predicted octanol–water partition coefficient (Wildman–Crippen LogP) is 4.03. The van der Waals surface area contributed by atoms with Crippen LogP contribution in [-0.4, -0.2) is 41.0 Å². The number of para-hydroxylation sites is 2. The number of hydrogen-bond acceptors (Lipinski definition) is 3. The molecule has 1 saturated heterocycles. The summed E-state index contributed by atoms with van der Waals surface area (Å²) in [4.78, 5) is 29.2. The van der Waals surface area contributed by atoms with Crippen molar-refractivity contribution in [2.45, 2.75) is 45.1 Å². The number of anilines is 2. The van der Waals surface area contributed by atoms with Gasteiger partial charge >= 0.3 is 5.97 Å². The summed E-state index contributed by atoms with van der Waals surface area (Å²) in [5, 5.41) is 9.57. The number of amides is 1. The molecule has 0 saturated carbocycles. The molecule has 5 heteroatoms. The maximum atomic E-state index is 13.7. The number of piperidine rings is 1. The Morgan fingerprint density at radius 1 is 1.00 bits per heavy atom. The normalized spacial score (nSPS) is 20.3. The van der Waals surface area contributed by atoms with Crippen LogP contribution in [0.5, 0.6) is 0 Å². The van der Waals surface area contributed by atoms with Gasteiger partial charge in [0, 0.05) is 12.5 Å². The fourth-order valence-corrected chi connectivity index (χ4v) is 4.66. The van der Waals surface area contributed by atoms with E-state index in [0.717, 1.165) is 43.6 Å². The van der Waals surface area contributed by atoms with Gasteiger partial charge in [0.25, 0.3) is 0 Å². The zero-order valence-corrected chi connectivity index (χ0v) is 16.9. The van der Waals surface area contributed by atoms with E-state index in [0.29, 0.717) is 13.0 Å². The zero-order chi connectivity index (χ0) is 20.4. The predicted molar refractivity (Wildman–Crippen MR) is 113 cm³/mol. The molecule has 0 aliphatic carbocycles. The summed E-state index contributed by atoms with van der Waals surface area (Å²) < 4.78 is 0. The minimum absolute atomic E-state index is 0.0292. The number of rotatable bonds is 4. The van der Waals surface area contributed by atoms with Crippen LogP contribution in [0.25, 0.3) is 0 Å². The molecule has 1 amide bonds. The second-order valence-corrected chi connectivity index (χ2v) is 8.18. The van der Waals surface area contributed by atoms with E-state index in [4.69, 9.17) is 0 Å². The number of aliphatic carboxylic acids is 1. The van der Waals surface area contributed by atoms with Gasteiger partial charge in [-0.15, -0.1) is 0 Å². The molecule has 29 heavy (non-hydrogen) atoms. The number of carbonyl (C=O) groups excluding carboxylic acids is 1. The molecule has 2 aromatic rings. The lowest BCUT2D eigenvalue weighted by atomic mass is 9.99. The molecule has 2 heterocycles. The number of carbonyl (C=O) groups is 2. The Hall–Kier alpha value is -2.66. The van der Waals surface area contributed by atoms with Crippen LogP contribution in [0.1, 0.15) is 37.3 Å². The van der Waals surface area contributed by atoms with Crippen LogP contribution in [0.2, 0.25) is 0 Å². The SMILES string of the molecule is CC(CN1CCCCC1C(=O)O)C(=O)N1c2ccccc2CCc2ccccc21. The number of hydrogen-bond donors (Lipinski definition) is 1. The fourth-order valence-electron chi connectivity index (χ4n) is 4.66. The first-order chi connectivity index (χ1) is 14.1. The molecular formula is C24H28N2O3. The van der Waals surface area contributed by atoms with E-state index < -0.39 is 12.0 Å². The number of fused-ring (bicyclic) bond motifs is 2. The van der Waals surface area contributed by atoms with Crippen LogP contribution < -0.4 is 4.90 Å². The monoisotopic (exact) mass is 392 g/mol. The summed E-state index contributed by atoms with van der Waals surface area (Å²) in [6.45, 7) is 3.13. The van der Waals surface area contributed by atoms with E-state index in [1.165, 1.54) is 11.1 Å². The Morgan fingerprint density at radius 2 is 1.59 bits per heavy atom. The highest BCUT2D eigenvalue weighted by atomic mass is 16.4. The first kappa shape index (κ1) is 19.6. The Kier molecular flexibility index (Phi) is 5.67. The van der Waals surface area contributed by atoms with Crippen molar-refractivity contribution in [3.8, 4) is 0 Å². The maximum absolute atomic E-state index is 13.7. The van der Waals surface area contributed by atoms with Gasteiger partial charge in [0.15, 0.2) is 0 Å². The van der Waals surface area contributed by atoms with Gasteiger partial charge in [0.1, 0.15) is 6.04 Å². The number of benzene rings is 2. The Bertz CT molecular complexity index is 863. The van der Waals surface area contributed by atoms with Crippen molar-refractivity contribution in [1.82, 2.24) is 4.90 Å². The summed E-state index contributed by atoms with van der Waals surface area (Å²) in [7, 11) is 0. The van der Waals surface area contributed by atoms with Crippen LogP contribution in [0.4, 0.5) is 11.4 Å². The smallest absolute Gasteiger partial charge is 0.320 e. The topological polar surface area (TPSA) is 60.9 Å². The molecule has 0 bridgehead atoms. The maximum Gasteiger partial charge on any atom is 0.320 e. The van der Waals surface area contributed by atoms with Crippen molar-refractivity contribution >= 4 is 23.3 Å². The first-order valence-electron chi connectivity index (χ1n) is 10.5. The third-order valence-electron chi connectivity index (χ3n) is 6.18. The number of aryl methyl sites for hydroxylation is 2. The van der Waals surface area contributed by atoms with Gasteiger partial charge in [-0.25, -0.2) is 0 Å². The first-order valence-corrected chi connectivity index (χ1v) is 10.5. The van der Waals surface area contributed by atoms with Crippen molar-refractivity contribution in [3.05, 3.63) is 59.7 Å². The molecule has 152 valence electrons. The standard InChI is InChI=1S/C24H28N2O3/c1-17(16-25-15-7-6-12-22(25)24(28)29)23(27)26-20-10-4-2-8-18(20)13-14-19-9-3-5-11-21(19)26/h2-5,8-11,17,22H,6-7,12-16H2,1H3,(H,28,29). The molecule has 5 nitrogen and oxygen atoms in total. The molecule has 1 fully saturated rings. The Morgan fingerprint density at radius 3 is 2.17 bits per heavy atom. The quantitative estimate of drug-likeness (QED) is 0.854. The summed E-state index contributed by atoms with van der Waals surface area (Å²) >= 11 is 0. The highest BCUT2D eigenvalue weighted by molar-refractivity contribution is 6.03. The fraction of sp³-hybridized carbons (Fsp3) is 0.417. The number of carboxylic acids is 1. The van der Waals surface area contributed by atoms with E-state index in [2.05, 4.69) is 12.1 Å². The largest absolute Gasteiger partial charge is 0.480 e. The number of nitrogens with zero attached hydrogens (tertiary/aromatic N) is 2. The van der Waals surface area contributed by atoms with Crippen molar-refractivity contribution in [1.29, 1.82) is 0 Å². The lowest BCUT2D eigenvalue weighted by Gasteiger charge is -2.35. The number of carboxylic acid groups (broad SMARTS) is 1. The van der Waals surface area contributed by atoms with E-state index in [1.807, 2.05) is 53.1 Å². The molecule has 2 aliphatic heterocycles. The average molecular weight is 392 g/mol. The molecule has 2 atom stereocenters. The second-order valence-electron chi connectivity index (χ2n) is 8.18. The van der Waals surface area contributed by atoms with Crippen molar-refractivity contribution in [2.24, 2.45) is 5.92 Å². The Balaban J connectivity index is 1.64. The summed E-state index contributed by atoms with van der Waals surface area (Å²) in [5.41, 5.74) is 4.24. The van der Waals surface area contributed by atoms with E-state index in [9.17, 15) is 14.7 Å². The van der Waals surface area contributed by atoms with Gasteiger partial charge in [-0.2, -0.15) is 0 Å². The van der Waals surface area contributed by atoms with Crippen LogP contribution in [-0.2, 0) is 22.4 Å². The molecule has 0 aromatic heterocycles. The van der Waals surface area contributed by atoms with Gasteiger partial charge in [0.05, 0.1) is 11.4 Å². The molecule has 2 unspecified atom stereocenters. The molecule has 2 aliphatic rings. The third kappa shape index (κ3) is 3.92.